The summed E-state index contributed by atoms with van der Waals surface area (Å²) in [7, 11) is -3.94. The van der Waals surface area contributed by atoms with Crippen LogP contribution in [0.15, 0.2) is 0 Å². The van der Waals surface area contributed by atoms with E-state index in [1.807, 2.05) is 4.72 Å². The van der Waals surface area contributed by atoms with Crippen LogP contribution in [0.2, 0.25) is 0 Å². The zero-order valence-corrected chi connectivity index (χ0v) is 11.4. The lowest BCUT2D eigenvalue weighted by Crippen LogP contribution is -2.52. The molecule has 1 aliphatic heterocycles. The van der Waals surface area contributed by atoms with E-state index in [0.717, 1.165) is 17.1 Å². The molecule has 1 atom stereocenters. The molecule has 1 unspecified atom stereocenters. The van der Waals surface area contributed by atoms with Crippen LogP contribution in [0.4, 0.5) is 4.79 Å². The number of piperidine rings is 1. The summed E-state index contributed by atoms with van der Waals surface area (Å²) in [6.45, 7) is 3.31. The summed E-state index contributed by atoms with van der Waals surface area (Å²) < 4.78 is 31.6. The van der Waals surface area contributed by atoms with E-state index in [0.29, 0.717) is 13.0 Å². The first kappa shape index (κ1) is 15.2. The minimum absolute atomic E-state index is 0.250. The maximum absolute atomic E-state index is 11.9. The fourth-order valence-corrected chi connectivity index (χ4v) is 3.19. The van der Waals surface area contributed by atoms with Gasteiger partial charge in [-0.1, -0.05) is 6.42 Å². The molecule has 0 bridgehead atoms. The summed E-state index contributed by atoms with van der Waals surface area (Å²) in [5.74, 6) is 0. The summed E-state index contributed by atoms with van der Waals surface area (Å²) in [6.07, 6.45) is 0.795. The second kappa shape index (κ2) is 6.35. The Bertz CT molecular complexity index is 382. The van der Waals surface area contributed by atoms with E-state index >= 15 is 0 Å². The Morgan fingerprint density at radius 2 is 2.17 bits per heavy atom. The summed E-state index contributed by atoms with van der Waals surface area (Å²) in [4.78, 5) is 11.3. The number of hydrogen-bond donors (Lipinski definition) is 2. The van der Waals surface area contributed by atoms with Crippen LogP contribution in [0, 0.1) is 0 Å². The van der Waals surface area contributed by atoms with Crippen LogP contribution in [-0.2, 0) is 14.9 Å². The molecule has 106 valence electrons. The average Bonchev–Trinajstić information content (AvgIpc) is 2.27. The van der Waals surface area contributed by atoms with Crippen LogP contribution >= 0.6 is 0 Å². The second-order valence-corrected chi connectivity index (χ2v) is 6.13. The topological polar surface area (TPSA) is 95.9 Å². The Kier molecular flexibility index (Phi) is 5.36. The highest BCUT2D eigenvalue weighted by Gasteiger charge is 2.33. The summed E-state index contributed by atoms with van der Waals surface area (Å²) in [5, 5.41) is 9.15. The van der Waals surface area contributed by atoms with Crippen LogP contribution < -0.4 is 4.72 Å². The maximum atomic E-state index is 11.9. The van der Waals surface area contributed by atoms with Crippen molar-refractivity contribution in [3.05, 3.63) is 0 Å². The highest BCUT2D eigenvalue weighted by atomic mass is 32.2. The molecule has 0 aromatic heterocycles. The Balaban J connectivity index is 2.69. The zero-order valence-electron chi connectivity index (χ0n) is 10.6. The van der Waals surface area contributed by atoms with Crippen molar-refractivity contribution in [2.24, 2.45) is 0 Å². The third-order valence-corrected chi connectivity index (χ3v) is 4.17. The minimum Gasteiger partial charge on any atom is -0.446 e. The van der Waals surface area contributed by atoms with Gasteiger partial charge in [0.15, 0.2) is 0 Å². The zero-order chi connectivity index (χ0) is 13.8. The molecule has 2 N–H and O–H groups in total. The second-order valence-electron chi connectivity index (χ2n) is 4.50. The van der Waals surface area contributed by atoms with Gasteiger partial charge in [-0.2, -0.15) is 12.7 Å². The lowest BCUT2D eigenvalue weighted by atomic mass is 10.1. The lowest BCUT2D eigenvalue weighted by molar-refractivity contribution is 0.119. The number of carbonyl (C=O) groups excluding carboxylic acids is 1. The molecule has 0 aromatic rings. The van der Waals surface area contributed by atoms with Gasteiger partial charge in [0.2, 0.25) is 0 Å². The van der Waals surface area contributed by atoms with Crippen LogP contribution in [0.25, 0.3) is 0 Å². The van der Waals surface area contributed by atoms with E-state index in [1.54, 1.807) is 13.8 Å². The largest absolute Gasteiger partial charge is 0.446 e. The van der Waals surface area contributed by atoms with Gasteiger partial charge in [-0.05, 0) is 26.7 Å². The van der Waals surface area contributed by atoms with Crippen molar-refractivity contribution < 1.29 is 23.1 Å². The summed E-state index contributed by atoms with van der Waals surface area (Å²) in [5.41, 5.74) is 0. The quantitative estimate of drug-likeness (QED) is 0.767. The van der Waals surface area contributed by atoms with E-state index < -0.39 is 28.4 Å². The van der Waals surface area contributed by atoms with Crippen LogP contribution in [0.1, 0.15) is 33.1 Å². The van der Waals surface area contributed by atoms with Gasteiger partial charge in [-0.3, -0.25) is 0 Å². The molecule has 1 fully saturated rings. The molecular formula is C10H20N2O5S. The highest BCUT2D eigenvalue weighted by Crippen LogP contribution is 2.19. The number of carbonyl (C=O) groups is 1. The standard InChI is InChI=1S/C10H20N2O5S/c1-8(2)17-10(14)11-18(15,16)12-6-4-3-5-9(12)7-13/h8-9,13H,3-7H2,1-2H3,(H,11,14). The molecule has 0 spiro atoms. The van der Waals surface area contributed by atoms with Gasteiger partial charge in [0.25, 0.3) is 0 Å². The fraction of sp³-hybridized carbons (Fsp3) is 0.900. The number of ether oxygens (including phenoxy) is 1. The first-order valence-corrected chi connectivity index (χ1v) is 7.42. The van der Waals surface area contributed by atoms with Gasteiger partial charge in [0.05, 0.1) is 12.7 Å². The number of rotatable bonds is 4. The van der Waals surface area contributed by atoms with Crippen LogP contribution in [-0.4, -0.2) is 49.2 Å². The van der Waals surface area contributed by atoms with Crippen molar-refractivity contribution in [1.82, 2.24) is 9.03 Å². The van der Waals surface area contributed by atoms with E-state index in [-0.39, 0.29) is 6.61 Å². The van der Waals surface area contributed by atoms with Gasteiger partial charge < -0.3 is 9.84 Å². The molecule has 1 amide bonds. The smallest absolute Gasteiger partial charge is 0.422 e. The van der Waals surface area contributed by atoms with Gasteiger partial charge in [-0.15, -0.1) is 0 Å². The predicted octanol–water partition coefficient (Wildman–Crippen LogP) is 0.213. The fourth-order valence-electron chi connectivity index (χ4n) is 1.88. The van der Waals surface area contributed by atoms with Crippen molar-refractivity contribution in [2.45, 2.75) is 45.3 Å². The number of hydrogen-bond acceptors (Lipinski definition) is 5. The number of aliphatic hydroxyl groups excluding tert-OH is 1. The minimum atomic E-state index is -3.94. The van der Waals surface area contributed by atoms with Crippen LogP contribution in [0.3, 0.4) is 0 Å². The number of nitrogens with zero attached hydrogens (tertiary/aromatic N) is 1. The molecule has 1 rings (SSSR count). The molecule has 1 heterocycles. The number of nitrogens with one attached hydrogen (secondary N) is 1. The summed E-state index contributed by atoms with van der Waals surface area (Å²) in [6, 6.07) is -0.469. The van der Waals surface area contributed by atoms with Crippen LogP contribution in [0.5, 0.6) is 0 Å². The molecule has 0 saturated carbocycles. The third kappa shape index (κ3) is 4.11. The molecule has 18 heavy (non-hydrogen) atoms. The third-order valence-electron chi connectivity index (χ3n) is 2.65. The Morgan fingerprint density at radius 3 is 2.72 bits per heavy atom. The van der Waals surface area contributed by atoms with Gasteiger partial charge in [-0.25, -0.2) is 9.52 Å². The van der Waals surface area contributed by atoms with Gasteiger partial charge in [0.1, 0.15) is 0 Å². The van der Waals surface area contributed by atoms with E-state index in [2.05, 4.69) is 0 Å². The van der Waals surface area contributed by atoms with Crippen molar-refractivity contribution in [2.75, 3.05) is 13.2 Å². The first-order valence-electron chi connectivity index (χ1n) is 5.98. The molecule has 0 aromatic carbocycles. The highest BCUT2D eigenvalue weighted by molar-refractivity contribution is 7.87. The Labute approximate surface area is 107 Å². The van der Waals surface area contributed by atoms with Crippen molar-refractivity contribution in [1.29, 1.82) is 0 Å². The summed E-state index contributed by atoms with van der Waals surface area (Å²) >= 11 is 0. The first-order chi connectivity index (χ1) is 8.36. The van der Waals surface area contributed by atoms with Gasteiger partial charge in [0, 0.05) is 12.6 Å². The SMILES string of the molecule is CC(C)OC(=O)NS(=O)(=O)N1CCCCC1CO. The monoisotopic (exact) mass is 280 g/mol. The normalized spacial score (nSPS) is 21.9. The molecule has 0 aliphatic carbocycles. The Hall–Kier alpha value is -0.860. The molecule has 1 aliphatic rings. The maximum Gasteiger partial charge on any atom is 0.422 e. The molecular weight excluding hydrogens is 260 g/mol. The van der Waals surface area contributed by atoms with E-state index in [4.69, 9.17) is 9.84 Å². The molecule has 8 heteroatoms. The van der Waals surface area contributed by atoms with Crippen molar-refractivity contribution in [3.8, 4) is 0 Å². The molecule has 0 radical (unpaired) electrons. The average molecular weight is 280 g/mol. The van der Waals surface area contributed by atoms with E-state index in [9.17, 15) is 13.2 Å². The number of aliphatic hydroxyl groups is 1. The van der Waals surface area contributed by atoms with Gasteiger partial charge >= 0.3 is 16.3 Å². The predicted molar refractivity (Wildman–Crippen MR) is 65.1 cm³/mol. The van der Waals surface area contributed by atoms with Crippen molar-refractivity contribution in [3.63, 3.8) is 0 Å². The van der Waals surface area contributed by atoms with E-state index in [1.165, 1.54) is 0 Å². The molecule has 1 saturated heterocycles. The van der Waals surface area contributed by atoms with Crippen molar-refractivity contribution >= 4 is 16.3 Å². The Morgan fingerprint density at radius 1 is 1.50 bits per heavy atom. The number of amides is 1. The lowest BCUT2D eigenvalue weighted by Gasteiger charge is -2.33. The molecule has 7 nitrogen and oxygen atoms in total.